The molecule has 0 saturated heterocycles. The Labute approximate surface area is 158 Å². The smallest absolute Gasteiger partial charge is 0.277 e. The minimum Gasteiger partial charge on any atom is -0.493 e. The number of rotatable bonds is 8. The SMILES string of the molecule is CCOc1ccc(Cl)cc1/C=N/NC(=O)COc1cccc(N(C)C)c1. The van der Waals surface area contributed by atoms with E-state index in [9.17, 15) is 4.79 Å². The Morgan fingerprint density at radius 1 is 1.23 bits per heavy atom. The maximum atomic E-state index is 11.9. The van der Waals surface area contributed by atoms with Gasteiger partial charge in [-0.25, -0.2) is 5.43 Å². The fraction of sp³-hybridized carbons (Fsp3) is 0.263. The predicted molar refractivity (Wildman–Crippen MR) is 105 cm³/mol. The number of amides is 1. The lowest BCUT2D eigenvalue weighted by Gasteiger charge is -2.13. The van der Waals surface area contributed by atoms with E-state index in [1.54, 1.807) is 24.3 Å². The number of carbonyl (C=O) groups is 1. The molecule has 0 atom stereocenters. The maximum absolute atomic E-state index is 11.9. The van der Waals surface area contributed by atoms with Crippen molar-refractivity contribution in [2.45, 2.75) is 6.92 Å². The Bertz CT molecular complexity index is 778. The fourth-order valence-electron chi connectivity index (χ4n) is 2.11. The molecule has 2 rings (SSSR count). The molecule has 0 aliphatic rings. The molecule has 0 aliphatic carbocycles. The highest BCUT2D eigenvalue weighted by Gasteiger charge is 2.05. The summed E-state index contributed by atoms with van der Waals surface area (Å²) in [6.07, 6.45) is 1.49. The van der Waals surface area contributed by atoms with Gasteiger partial charge >= 0.3 is 0 Å². The first-order valence-corrected chi connectivity index (χ1v) is 8.52. The van der Waals surface area contributed by atoms with Gasteiger partial charge in [-0.3, -0.25) is 4.79 Å². The van der Waals surface area contributed by atoms with E-state index >= 15 is 0 Å². The minimum absolute atomic E-state index is 0.137. The van der Waals surface area contributed by atoms with Gasteiger partial charge in [0.05, 0.1) is 12.8 Å². The molecule has 26 heavy (non-hydrogen) atoms. The number of anilines is 1. The zero-order valence-electron chi connectivity index (χ0n) is 15.0. The first-order chi connectivity index (χ1) is 12.5. The van der Waals surface area contributed by atoms with Gasteiger partial charge in [0.2, 0.25) is 0 Å². The van der Waals surface area contributed by atoms with E-state index < -0.39 is 0 Å². The van der Waals surface area contributed by atoms with Crippen LogP contribution in [0.5, 0.6) is 11.5 Å². The molecule has 7 heteroatoms. The highest BCUT2D eigenvalue weighted by molar-refractivity contribution is 6.30. The van der Waals surface area contributed by atoms with Crippen molar-refractivity contribution in [1.82, 2.24) is 5.43 Å². The Balaban J connectivity index is 1.90. The molecular formula is C19H22ClN3O3. The van der Waals surface area contributed by atoms with Crippen molar-refractivity contribution in [3.05, 3.63) is 53.1 Å². The molecule has 6 nitrogen and oxygen atoms in total. The molecular weight excluding hydrogens is 354 g/mol. The molecule has 1 amide bonds. The van der Waals surface area contributed by atoms with Gasteiger partial charge < -0.3 is 14.4 Å². The highest BCUT2D eigenvalue weighted by atomic mass is 35.5. The van der Waals surface area contributed by atoms with Gasteiger partial charge in [0.25, 0.3) is 5.91 Å². The molecule has 2 aromatic rings. The van der Waals surface area contributed by atoms with Crippen LogP contribution in [0.15, 0.2) is 47.6 Å². The molecule has 0 aliphatic heterocycles. The van der Waals surface area contributed by atoms with Crippen molar-refractivity contribution < 1.29 is 14.3 Å². The average molecular weight is 376 g/mol. The van der Waals surface area contributed by atoms with E-state index in [2.05, 4.69) is 10.5 Å². The molecule has 2 aromatic carbocycles. The predicted octanol–water partition coefficient (Wildman–Crippen LogP) is 3.33. The third kappa shape index (κ3) is 5.97. The first-order valence-electron chi connectivity index (χ1n) is 8.14. The number of carbonyl (C=O) groups excluding carboxylic acids is 1. The van der Waals surface area contributed by atoms with Crippen molar-refractivity contribution in [2.75, 3.05) is 32.2 Å². The molecule has 0 unspecified atom stereocenters. The monoisotopic (exact) mass is 375 g/mol. The Kier molecular flexibility index (Phi) is 7.29. The molecule has 138 valence electrons. The summed E-state index contributed by atoms with van der Waals surface area (Å²) in [5.74, 6) is 0.895. The van der Waals surface area contributed by atoms with Crippen LogP contribution >= 0.6 is 11.6 Å². The lowest BCUT2D eigenvalue weighted by molar-refractivity contribution is -0.123. The van der Waals surface area contributed by atoms with E-state index in [0.29, 0.717) is 28.7 Å². The molecule has 0 aromatic heterocycles. The number of halogens is 1. The van der Waals surface area contributed by atoms with Gasteiger partial charge in [0.15, 0.2) is 6.61 Å². The number of ether oxygens (including phenoxy) is 2. The van der Waals surface area contributed by atoms with Crippen molar-refractivity contribution in [3.8, 4) is 11.5 Å². The van der Waals surface area contributed by atoms with Crippen LogP contribution in [0.4, 0.5) is 5.69 Å². The van der Waals surface area contributed by atoms with Crippen LogP contribution < -0.4 is 19.8 Å². The molecule has 0 fully saturated rings. The summed E-state index contributed by atoms with van der Waals surface area (Å²) < 4.78 is 11.0. The summed E-state index contributed by atoms with van der Waals surface area (Å²) in [4.78, 5) is 13.8. The number of benzene rings is 2. The topological polar surface area (TPSA) is 63.2 Å². The maximum Gasteiger partial charge on any atom is 0.277 e. The van der Waals surface area contributed by atoms with Crippen LogP contribution in [0.3, 0.4) is 0 Å². The second-order valence-corrected chi connectivity index (χ2v) is 6.03. The lowest BCUT2D eigenvalue weighted by Crippen LogP contribution is -2.24. The van der Waals surface area contributed by atoms with Crippen LogP contribution in [0.25, 0.3) is 0 Å². The Morgan fingerprint density at radius 2 is 2.04 bits per heavy atom. The summed E-state index contributed by atoms with van der Waals surface area (Å²) in [6.45, 7) is 2.27. The van der Waals surface area contributed by atoms with Gasteiger partial charge in [-0.05, 0) is 37.3 Å². The van der Waals surface area contributed by atoms with Crippen molar-refractivity contribution in [2.24, 2.45) is 5.10 Å². The molecule has 0 bridgehead atoms. The second-order valence-electron chi connectivity index (χ2n) is 5.59. The van der Waals surface area contributed by atoms with Crippen molar-refractivity contribution in [3.63, 3.8) is 0 Å². The summed E-state index contributed by atoms with van der Waals surface area (Å²) in [7, 11) is 3.87. The van der Waals surface area contributed by atoms with Gasteiger partial charge in [0.1, 0.15) is 11.5 Å². The lowest BCUT2D eigenvalue weighted by atomic mass is 10.2. The third-order valence-corrected chi connectivity index (χ3v) is 3.60. The third-order valence-electron chi connectivity index (χ3n) is 3.37. The second kappa shape index (κ2) is 9.68. The number of nitrogens with zero attached hydrogens (tertiary/aromatic N) is 2. The number of hydrazone groups is 1. The Hall–Kier alpha value is -2.73. The van der Waals surface area contributed by atoms with E-state index in [4.69, 9.17) is 21.1 Å². The quantitative estimate of drug-likeness (QED) is 0.567. The van der Waals surface area contributed by atoms with E-state index in [1.165, 1.54) is 6.21 Å². The zero-order chi connectivity index (χ0) is 18.9. The summed E-state index contributed by atoms with van der Waals surface area (Å²) >= 11 is 5.98. The van der Waals surface area contributed by atoms with Crippen molar-refractivity contribution in [1.29, 1.82) is 0 Å². The van der Waals surface area contributed by atoms with Crippen LogP contribution in [0.2, 0.25) is 5.02 Å². The van der Waals surface area contributed by atoms with Crippen LogP contribution in [-0.4, -0.2) is 39.4 Å². The standard InChI is InChI=1S/C19H22ClN3O3/c1-4-25-18-9-8-15(20)10-14(18)12-21-22-19(24)13-26-17-7-5-6-16(11-17)23(2)3/h5-12H,4,13H2,1-3H3,(H,22,24)/b21-12+. The summed E-state index contributed by atoms with van der Waals surface area (Å²) in [6, 6.07) is 12.7. The number of nitrogens with one attached hydrogen (secondary N) is 1. The average Bonchev–Trinajstić information content (AvgIpc) is 2.62. The van der Waals surface area contributed by atoms with E-state index in [1.807, 2.05) is 44.1 Å². The largest absolute Gasteiger partial charge is 0.493 e. The number of hydrogen-bond acceptors (Lipinski definition) is 5. The Morgan fingerprint density at radius 3 is 2.77 bits per heavy atom. The molecule has 0 radical (unpaired) electrons. The highest BCUT2D eigenvalue weighted by Crippen LogP contribution is 2.21. The van der Waals surface area contributed by atoms with Crippen LogP contribution in [0, 0.1) is 0 Å². The summed E-state index contributed by atoms with van der Waals surface area (Å²) in [5.41, 5.74) is 4.09. The molecule has 0 spiro atoms. The van der Waals surface area contributed by atoms with Crippen LogP contribution in [-0.2, 0) is 4.79 Å². The van der Waals surface area contributed by atoms with E-state index in [-0.39, 0.29) is 12.5 Å². The van der Waals surface area contributed by atoms with Crippen molar-refractivity contribution >= 4 is 29.4 Å². The summed E-state index contributed by atoms with van der Waals surface area (Å²) in [5, 5.41) is 4.49. The molecule has 1 N–H and O–H groups in total. The molecule has 0 saturated carbocycles. The van der Waals surface area contributed by atoms with E-state index in [0.717, 1.165) is 5.69 Å². The minimum atomic E-state index is -0.364. The fourth-order valence-corrected chi connectivity index (χ4v) is 2.29. The van der Waals surface area contributed by atoms with Gasteiger partial charge in [-0.1, -0.05) is 17.7 Å². The van der Waals surface area contributed by atoms with Gasteiger partial charge in [-0.2, -0.15) is 5.10 Å². The normalized spacial score (nSPS) is 10.6. The number of hydrogen-bond donors (Lipinski definition) is 1. The van der Waals surface area contributed by atoms with Gasteiger partial charge in [0, 0.05) is 36.4 Å². The first kappa shape index (κ1) is 19.6. The van der Waals surface area contributed by atoms with Gasteiger partial charge in [-0.15, -0.1) is 0 Å². The molecule has 0 heterocycles. The zero-order valence-corrected chi connectivity index (χ0v) is 15.8. The van der Waals surface area contributed by atoms with Crippen LogP contribution in [0.1, 0.15) is 12.5 Å².